The topological polar surface area (TPSA) is 62.3 Å². The van der Waals surface area contributed by atoms with Crippen LogP contribution < -0.4 is 10.5 Å². The molecule has 1 unspecified atom stereocenters. The average molecular weight is 275 g/mol. The Morgan fingerprint density at radius 3 is 3.10 bits per heavy atom. The molecule has 0 spiro atoms. The lowest BCUT2D eigenvalue weighted by Gasteiger charge is -2.23. The van der Waals surface area contributed by atoms with Gasteiger partial charge in [0.15, 0.2) is 0 Å². The predicted octanol–water partition coefficient (Wildman–Crippen LogP) is 2.59. The van der Waals surface area contributed by atoms with Gasteiger partial charge in [0.2, 0.25) is 5.95 Å². The first kappa shape index (κ1) is 13.2. The number of ether oxygens (including phenoxy) is 2. The standard InChI is InChI=1S/C15H21N3O2/c1-2-19-13-8-5-7-12-14(13)17-15(16)18(12)10-11-6-3-4-9-20-11/h5,7-8,11H,2-4,6,9-10H2,1H3,(H2,16,17). The molecule has 1 aromatic carbocycles. The van der Waals surface area contributed by atoms with Crippen molar-refractivity contribution in [1.82, 2.24) is 9.55 Å². The van der Waals surface area contributed by atoms with E-state index in [-0.39, 0.29) is 6.10 Å². The number of nitrogen functional groups attached to an aromatic ring is 1. The molecule has 108 valence electrons. The van der Waals surface area contributed by atoms with E-state index in [2.05, 4.69) is 4.98 Å². The van der Waals surface area contributed by atoms with Crippen LogP contribution in [0.4, 0.5) is 5.95 Å². The molecule has 0 saturated carbocycles. The van der Waals surface area contributed by atoms with Gasteiger partial charge in [0, 0.05) is 6.61 Å². The van der Waals surface area contributed by atoms with Crippen LogP contribution >= 0.6 is 0 Å². The first-order valence-corrected chi connectivity index (χ1v) is 7.28. The monoisotopic (exact) mass is 275 g/mol. The molecule has 0 bridgehead atoms. The third-order valence-electron chi connectivity index (χ3n) is 3.73. The van der Waals surface area contributed by atoms with E-state index >= 15 is 0 Å². The van der Waals surface area contributed by atoms with Gasteiger partial charge in [-0.2, -0.15) is 0 Å². The average Bonchev–Trinajstić information content (AvgIpc) is 2.78. The van der Waals surface area contributed by atoms with Crippen molar-refractivity contribution in [3.05, 3.63) is 18.2 Å². The zero-order valence-corrected chi connectivity index (χ0v) is 11.8. The summed E-state index contributed by atoms with van der Waals surface area (Å²) in [7, 11) is 0. The fourth-order valence-corrected chi connectivity index (χ4v) is 2.76. The molecule has 1 aromatic heterocycles. The Kier molecular flexibility index (Phi) is 3.78. The second-order valence-electron chi connectivity index (χ2n) is 5.13. The number of rotatable bonds is 4. The molecule has 20 heavy (non-hydrogen) atoms. The van der Waals surface area contributed by atoms with Crippen LogP contribution in [0.3, 0.4) is 0 Å². The van der Waals surface area contributed by atoms with Crippen molar-refractivity contribution in [2.24, 2.45) is 0 Å². The van der Waals surface area contributed by atoms with E-state index in [1.165, 1.54) is 6.42 Å². The highest BCUT2D eigenvalue weighted by Gasteiger charge is 2.18. The quantitative estimate of drug-likeness (QED) is 0.931. The van der Waals surface area contributed by atoms with Gasteiger partial charge in [0.25, 0.3) is 0 Å². The number of nitrogens with zero attached hydrogens (tertiary/aromatic N) is 2. The molecule has 0 radical (unpaired) electrons. The Balaban J connectivity index is 1.93. The summed E-state index contributed by atoms with van der Waals surface area (Å²) in [6.07, 6.45) is 3.70. The Morgan fingerprint density at radius 2 is 2.35 bits per heavy atom. The molecule has 1 aliphatic rings. The van der Waals surface area contributed by atoms with Gasteiger partial charge in [-0.1, -0.05) is 6.07 Å². The van der Waals surface area contributed by atoms with Gasteiger partial charge in [0.05, 0.1) is 24.8 Å². The van der Waals surface area contributed by atoms with Crippen LogP contribution in [0.15, 0.2) is 18.2 Å². The first-order valence-electron chi connectivity index (χ1n) is 7.28. The van der Waals surface area contributed by atoms with Gasteiger partial charge in [-0.15, -0.1) is 0 Å². The van der Waals surface area contributed by atoms with Crippen molar-refractivity contribution in [1.29, 1.82) is 0 Å². The molecule has 2 aromatic rings. The third-order valence-corrected chi connectivity index (χ3v) is 3.73. The van der Waals surface area contributed by atoms with E-state index in [4.69, 9.17) is 15.2 Å². The van der Waals surface area contributed by atoms with Gasteiger partial charge >= 0.3 is 0 Å². The highest BCUT2D eigenvalue weighted by Crippen LogP contribution is 2.28. The molecule has 0 amide bonds. The molecule has 1 atom stereocenters. The Morgan fingerprint density at radius 1 is 1.45 bits per heavy atom. The maximum Gasteiger partial charge on any atom is 0.201 e. The summed E-state index contributed by atoms with van der Waals surface area (Å²) in [6.45, 7) is 4.20. The summed E-state index contributed by atoms with van der Waals surface area (Å²) >= 11 is 0. The number of para-hydroxylation sites is 1. The maximum absolute atomic E-state index is 6.08. The smallest absolute Gasteiger partial charge is 0.201 e. The highest BCUT2D eigenvalue weighted by molar-refractivity contribution is 5.84. The minimum atomic E-state index is 0.235. The highest BCUT2D eigenvalue weighted by atomic mass is 16.5. The van der Waals surface area contributed by atoms with Crippen LogP contribution in [-0.2, 0) is 11.3 Å². The number of nitrogens with two attached hydrogens (primary N) is 1. The van der Waals surface area contributed by atoms with Crippen LogP contribution in [0.2, 0.25) is 0 Å². The molecule has 3 rings (SSSR count). The first-order chi connectivity index (χ1) is 9.79. The number of anilines is 1. The van der Waals surface area contributed by atoms with E-state index < -0.39 is 0 Å². The zero-order chi connectivity index (χ0) is 13.9. The van der Waals surface area contributed by atoms with Gasteiger partial charge in [-0.3, -0.25) is 0 Å². The van der Waals surface area contributed by atoms with E-state index in [1.807, 2.05) is 29.7 Å². The minimum Gasteiger partial charge on any atom is -0.492 e. The summed E-state index contributed by atoms with van der Waals surface area (Å²) in [5, 5.41) is 0. The SMILES string of the molecule is CCOc1cccc2c1nc(N)n2CC1CCCCO1. The van der Waals surface area contributed by atoms with Gasteiger partial charge in [-0.05, 0) is 38.3 Å². The molecule has 0 aliphatic carbocycles. The number of fused-ring (bicyclic) bond motifs is 1. The Hall–Kier alpha value is -1.75. The second-order valence-corrected chi connectivity index (χ2v) is 5.13. The van der Waals surface area contributed by atoms with Crippen molar-refractivity contribution >= 4 is 17.0 Å². The van der Waals surface area contributed by atoms with Gasteiger partial charge in [0.1, 0.15) is 11.3 Å². The van der Waals surface area contributed by atoms with E-state index in [9.17, 15) is 0 Å². The summed E-state index contributed by atoms with van der Waals surface area (Å²) in [5.41, 5.74) is 7.93. The number of hydrogen-bond acceptors (Lipinski definition) is 4. The van der Waals surface area contributed by atoms with Crippen molar-refractivity contribution in [3.8, 4) is 5.75 Å². The van der Waals surface area contributed by atoms with Gasteiger partial charge < -0.3 is 19.8 Å². The summed E-state index contributed by atoms with van der Waals surface area (Å²) in [6, 6.07) is 5.94. The summed E-state index contributed by atoms with van der Waals surface area (Å²) in [5.74, 6) is 1.32. The Bertz CT molecular complexity index is 588. The minimum absolute atomic E-state index is 0.235. The molecule has 5 heteroatoms. The van der Waals surface area contributed by atoms with E-state index in [0.29, 0.717) is 12.6 Å². The molecule has 5 nitrogen and oxygen atoms in total. The molecule has 2 heterocycles. The summed E-state index contributed by atoms with van der Waals surface area (Å²) < 4.78 is 13.4. The van der Waals surface area contributed by atoms with Crippen LogP contribution in [0.1, 0.15) is 26.2 Å². The number of hydrogen-bond donors (Lipinski definition) is 1. The summed E-state index contributed by atoms with van der Waals surface area (Å²) in [4.78, 5) is 4.46. The maximum atomic E-state index is 6.08. The lowest BCUT2D eigenvalue weighted by atomic mass is 10.1. The molecule has 1 fully saturated rings. The molecular weight excluding hydrogens is 254 g/mol. The predicted molar refractivity (Wildman–Crippen MR) is 78.9 cm³/mol. The van der Waals surface area contributed by atoms with Crippen molar-refractivity contribution < 1.29 is 9.47 Å². The molecule has 1 aliphatic heterocycles. The van der Waals surface area contributed by atoms with Crippen LogP contribution in [0, 0.1) is 0 Å². The normalized spacial score (nSPS) is 19.4. The third kappa shape index (κ3) is 2.45. The van der Waals surface area contributed by atoms with Crippen LogP contribution in [0.5, 0.6) is 5.75 Å². The molecule has 2 N–H and O–H groups in total. The molecular formula is C15H21N3O2. The number of imidazole rings is 1. The number of aromatic nitrogens is 2. The lowest BCUT2D eigenvalue weighted by Crippen LogP contribution is -2.25. The second kappa shape index (κ2) is 5.71. The fourth-order valence-electron chi connectivity index (χ4n) is 2.76. The van der Waals surface area contributed by atoms with E-state index in [1.54, 1.807) is 0 Å². The largest absolute Gasteiger partial charge is 0.492 e. The number of benzene rings is 1. The van der Waals surface area contributed by atoms with Crippen molar-refractivity contribution in [2.45, 2.75) is 38.8 Å². The van der Waals surface area contributed by atoms with Crippen molar-refractivity contribution in [2.75, 3.05) is 18.9 Å². The zero-order valence-electron chi connectivity index (χ0n) is 11.8. The van der Waals surface area contributed by atoms with Crippen LogP contribution in [-0.4, -0.2) is 28.9 Å². The fraction of sp³-hybridized carbons (Fsp3) is 0.533. The Labute approximate surface area is 118 Å². The van der Waals surface area contributed by atoms with E-state index in [0.717, 1.165) is 42.8 Å². The van der Waals surface area contributed by atoms with Crippen LogP contribution in [0.25, 0.3) is 11.0 Å². The lowest BCUT2D eigenvalue weighted by molar-refractivity contribution is 0.00694. The van der Waals surface area contributed by atoms with Gasteiger partial charge in [-0.25, -0.2) is 4.98 Å². The van der Waals surface area contributed by atoms with Crippen molar-refractivity contribution in [3.63, 3.8) is 0 Å². The molecule has 1 saturated heterocycles.